The standard InChI is InChI=1S/C12H15ClN4OS/c1-3-4-17-12(18)11(13)10(6-15-17)14-5-9-7-19-8(2)16-9/h6-7,14H,3-5H2,1-2H3. The van der Waals surface area contributed by atoms with Crippen LogP contribution >= 0.6 is 22.9 Å². The summed E-state index contributed by atoms with van der Waals surface area (Å²) in [7, 11) is 0. The van der Waals surface area contributed by atoms with Gasteiger partial charge in [0.15, 0.2) is 0 Å². The molecule has 0 aliphatic rings. The van der Waals surface area contributed by atoms with Gasteiger partial charge in [-0.2, -0.15) is 5.10 Å². The number of hydrogen-bond donors (Lipinski definition) is 1. The SMILES string of the molecule is CCCn1ncc(NCc2csc(C)n2)c(Cl)c1=O. The minimum Gasteiger partial charge on any atom is -0.377 e. The Morgan fingerprint density at radius 1 is 1.53 bits per heavy atom. The maximum atomic E-state index is 11.9. The lowest BCUT2D eigenvalue weighted by Crippen LogP contribution is -2.24. The Kier molecular flexibility index (Phi) is 4.55. The third-order valence-corrected chi connectivity index (χ3v) is 3.73. The summed E-state index contributed by atoms with van der Waals surface area (Å²) in [4.78, 5) is 16.2. The van der Waals surface area contributed by atoms with Crippen molar-refractivity contribution in [3.63, 3.8) is 0 Å². The Bertz CT molecular complexity index is 622. The Morgan fingerprint density at radius 2 is 2.32 bits per heavy atom. The van der Waals surface area contributed by atoms with Gasteiger partial charge in [-0.25, -0.2) is 9.67 Å². The molecule has 0 radical (unpaired) electrons. The zero-order chi connectivity index (χ0) is 13.8. The van der Waals surface area contributed by atoms with E-state index in [1.54, 1.807) is 17.5 Å². The highest BCUT2D eigenvalue weighted by atomic mass is 35.5. The van der Waals surface area contributed by atoms with E-state index in [4.69, 9.17) is 11.6 Å². The van der Waals surface area contributed by atoms with Gasteiger partial charge in [0.25, 0.3) is 5.56 Å². The van der Waals surface area contributed by atoms with Crippen LogP contribution in [0.1, 0.15) is 24.0 Å². The van der Waals surface area contributed by atoms with Crippen molar-refractivity contribution in [1.29, 1.82) is 0 Å². The third kappa shape index (κ3) is 3.33. The highest BCUT2D eigenvalue weighted by Crippen LogP contribution is 2.17. The summed E-state index contributed by atoms with van der Waals surface area (Å²) in [5, 5.41) is 10.3. The molecular formula is C12H15ClN4OS. The molecule has 0 bridgehead atoms. The van der Waals surface area contributed by atoms with Gasteiger partial charge in [-0.1, -0.05) is 18.5 Å². The van der Waals surface area contributed by atoms with Gasteiger partial charge in [0.05, 0.1) is 29.1 Å². The van der Waals surface area contributed by atoms with Crippen molar-refractivity contribution < 1.29 is 0 Å². The Morgan fingerprint density at radius 3 is 2.95 bits per heavy atom. The molecule has 7 heteroatoms. The summed E-state index contributed by atoms with van der Waals surface area (Å²) in [5.74, 6) is 0. The van der Waals surface area contributed by atoms with Gasteiger partial charge in [-0.3, -0.25) is 4.79 Å². The molecule has 2 rings (SSSR count). The minimum atomic E-state index is -0.261. The molecule has 0 amide bonds. The molecule has 5 nitrogen and oxygen atoms in total. The molecular weight excluding hydrogens is 284 g/mol. The first-order valence-electron chi connectivity index (χ1n) is 6.02. The molecule has 0 spiro atoms. The van der Waals surface area contributed by atoms with Gasteiger partial charge in [-0.05, 0) is 13.3 Å². The molecule has 19 heavy (non-hydrogen) atoms. The molecule has 0 aliphatic heterocycles. The second-order valence-corrected chi connectivity index (χ2v) is 5.55. The average Bonchev–Trinajstić information content (AvgIpc) is 2.80. The van der Waals surface area contributed by atoms with E-state index < -0.39 is 0 Å². The van der Waals surface area contributed by atoms with Gasteiger partial charge in [0.2, 0.25) is 0 Å². The summed E-state index contributed by atoms with van der Waals surface area (Å²) < 4.78 is 1.38. The molecule has 1 N–H and O–H groups in total. The lowest BCUT2D eigenvalue weighted by molar-refractivity contribution is 0.568. The molecule has 0 fully saturated rings. The topological polar surface area (TPSA) is 59.8 Å². The van der Waals surface area contributed by atoms with Gasteiger partial charge < -0.3 is 5.32 Å². The lowest BCUT2D eigenvalue weighted by Gasteiger charge is -2.08. The van der Waals surface area contributed by atoms with Gasteiger partial charge >= 0.3 is 0 Å². The largest absolute Gasteiger partial charge is 0.377 e. The summed E-state index contributed by atoms with van der Waals surface area (Å²) in [6, 6.07) is 0. The van der Waals surface area contributed by atoms with Crippen LogP contribution in [0.4, 0.5) is 5.69 Å². The van der Waals surface area contributed by atoms with Crippen molar-refractivity contribution >= 4 is 28.6 Å². The van der Waals surface area contributed by atoms with Crippen molar-refractivity contribution in [1.82, 2.24) is 14.8 Å². The molecule has 0 aliphatic carbocycles. The molecule has 2 aromatic heterocycles. The maximum absolute atomic E-state index is 11.9. The summed E-state index contributed by atoms with van der Waals surface area (Å²) >= 11 is 7.64. The number of hydrogen-bond acceptors (Lipinski definition) is 5. The molecule has 2 heterocycles. The van der Waals surface area contributed by atoms with Crippen LogP contribution in [0.25, 0.3) is 0 Å². The van der Waals surface area contributed by atoms with E-state index in [1.165, 1.54) is 4.68 Å². The van der Waals surface area contributed by atoms with E-state index in [-0.39, 0.29) is 10.6 Å². The van der Waals surface area contributed by atoms with Crippen LogP contribution in [0, 0.1) is 6.92 Å². The van der Waals surface area contributed by atoms with Gasteiger partial charge in [-0.15, -0.1) is 11.3 Å². The Labute approximate surface area is 120 Å². The first kappa shape index (κ1) is 14.0. The second kappa shape index (κ2) is 6.16. The molecule has 0 unspecified atom stereocenters. The van der Waals surface area contributed by atoms with Crippen LogP contribution in [0.5, 0.6) is 0 Å². The van der Waals surface area contributed by atoms with Crippen molar-refractivity contribution in [3.8, 4) is 0 Å². The van der Waals surface area contributed by atoms with Gasteiger partial charge in [0.1, 0.15) is 5.02 Å². The third-order valence-electron chi connectivity index (χ3n) is 2.55. The number of nitrogens with one attached hydrogen (secondary N) is 1. The van der Waals surface area contributed by atoms with Crippen LogP contribution < -0.4 is 10.9 Å². The highest BCUT2D eigenvalue weighted by Gasteiger charge is 2.09. The number of thiazole rings is 1. The van der Waals surface area contributed by atoms with Crippen LogP contribution in [-0.4, -0.2) is 14.8 Å². The minimum absolute atomic E-state index is 0.176. The summed E-state index contributed by atoms with van der Waals surface area (Å²) in [5.41, 5.74) is 1.21. The number of aryl methyl sites for hydroxylation is 2. The fourth-order valence-electron chi connectivity index (χ4n) is 1.63. The molecule has 0 saturated heterocycles. The van der Waals surface area contributed by atoms with E-state index in [0.29, 0.717) is 18.8 Å². The zero-order valence-corrected chi connectivity index (χ0v) is 12.4. The van der Waals surface area contributed by atoms with Crippen molar-refractivity contribution in [2.75, 3.05) is 5.32 Å². The van der Waals surface area contributed by atoms with Crippen LogP contribution in [0.2, 0.25) is 5.02 Å². The van der Waals surface area contributed by atoms with E-state index in [0.717, 1.165) is 17.1 Å². The quantitative estimate of drug-likeness (QED) is 0.922. The molecule has 0 atom stereocenters. The van der Waals surface area contributed by atoms with E-state index in [2.05, 4.69) is 15.4 Å². The van der Waals surface area contributed by atoms with E-state index in [9.17, 15) is 4.79 Å². The number of aromatic nitrogens is 3. The van der Waals surface area contributed by atoms with E-state index >= 15 is 0 Å². The monoisotopic (exact) mass is 298 g/mol. The van der Waals surface area contributed by atoms with Crippen molar-refractivity contribution in [2.45, 2.75) is 33.4 Å². The summed E-state index contributed by atoms with van der Waals surface area (Å²) in [6.07, 6.45) is 2.42. The van der Waals surface area contributed by atoms with Crippen molar-refractivity contribution in [2.24, 2.45) is 0 Å². The lowest BCUT2D eigenvalue weighted by atomic mass is 10.4. The first-order chi connectivity index (χ1) is 9.11. The smallest absolute Gasteiger partial charge is 0.287 e. The number of nitrogens with zero attached hydrogens (tertiary/aromatic N) is 3. The predicted octanol–water partition coefficient (Wildman–Crippen LogP) is 2.68. The van der Waals surface area contributed by atoms with Crippen molar-refractivity contribution in [3.05, 3.63) is 37.7 Å². The van der Waals surface area contributed by atoms with Crippen LogP contribution in [-0.2, 0) is 13.1 Å². The van der Waals surface area contributed by atoms with Gasteiger partial charge in [0, 0.05) is 11.9 Å². The Balaban J connectivity index is 2.13. The molecule has 102 valence electrons. The fraction of sp³-hybridized carbons (Fsp3) is 0.417. The van der Waals surface area contributed by atoms with E-state index in [1.807, 2.05) is 19.2 Å². The van der Waals surface area contributed by atoms with Crippen LogP contribution in [0.15, 0.2) is 16.4 Å². The second-order valence-electron chi connectivity index (χ2n) is 4.11. The first-order valence-corrected chi connectivity index (χ1v) is 7.28. The Hall–Kier alpha value is -1.40. The zero-order valence-electron chi connectivity index (χ0n) is 10.8. The average molecular weight is 299 g/mol. The number of rotatable bonds is 5. The predicted molar refractivity (Wildman–Crippen MR) is 78.0 cm³/mol. The summed E-state index contributed by atoms with van der Waals surface area (Å²) in [6.45, 7) is 5.04. The number of halogens is 1. The normalized spacial score (nSPS) is 10.7. The molecule has 0 saturated carbocycles. The molecule has 2 aromatic rings. The maximum Gasteiger partial charge on any atom is 0.287 e. The van der Waals surface area contributed by atoms with Crippen LogP contribution in [0.3, 0.4) is 0 Å². The highest BCUT2D eigenvalue weighted by molar-refractivity contribution is 7.09. The molecule has 0 aromatic carbocycles. The fourth-order valence-corrected chi connectivity index (χ4v) is 2.46. The number of anilines is 1.